The summed E-state index contributed by atoms with van der Waals surface area (Å²) in [4.78, 5) is 7.66. The SMILES string of the molecule is CCN1CCOC(CSc2ccc(N)nc2)C1. The molecule has 2 heterocycles. The number of hydrogen-bond acceptors (Lipinski definition) is 5. The van der Waals surface area contributed by atoms with Crippen LogP contribution >= 0.6 is 11.8 Å². The van der Waals surface area contributed by atoms with Gasteiger partial charge in [0.05, 0.1) is 12.7 Å². The molecule has 1 fully saturated rings. The van der Waals surface area contributed by atoms with Crippen LogP contribution < -0.4 is 5.73 Å². The molecule has 0 aliphatic carbocycles. The van der Waals surface area contributed by atoms with E-state index in [2.05, 4.69) is 16.8 Å². The van der Waals surface area contributed by atoms with E-state index >= 15 is 0 Å². The summed E-state index contributed by atoms with van der Waals surface area (Å²) in [6, 6.07) is 3.84. The third kappa shape index (κ3) is 3.87. The topological polar surface area (TPSA) is 51.4 Å². The van der Waals surface area contributed by atoms with Gasteiger partial charge in [-0.05, 0) is 18.7 Å². The van der Waals surface area contributed by atoms with Gasteiger partial charge in [0.1, 0.15) is 5.82 Å². The predicted octanol–water partition coefficient (Wildman–Crippen LogP) is 1.48. The molecule has 2 N–H and O–H groups in total. The van der Waals surface area contributed by atoms with Crippen LogP contribution in [-0.4, -0.2) is 48.0 Å². The monoisotopic (exact) mass is 253 g/mol. The fraction of sp³-hybridized carbons (Fsp3) is 0.583. The highest BCUT2D eigenvalue weighted by atomic mass is 32.2. The van der Waals surface area contributed by atoms with Crippen LogP contribution in [0.15, 0.2) is 23.2 Å². The molecule has 1 aromatic rings. The molecule has 0 aromatic carbocycles. The molecule has 0 amide bonds. The summed E-state index contributed by atoms with van der Waals surface area (Å²) in [6.07, 6.45) is 2.15. The lowest BCUT2D eigenvalue weighted by molar-refractivity contribution is -0.0137. The largest absolute Gasteiger partial charge is 0.384 e. The van der Waals surface area contributed by atoms with Crippen LogP contribution in [0.2, 0.25) is 0 Å². The van der Waals surface area contributed by atoms with E-state index in [1.807, 2.05) is 18.3 Å². The lowest BCUT2D eigenvalue weighted by Gasteiger charge is -2.31. The van der Waals surface area contributed by atoms with Crippen molar-refractivity contribution in [3.8, 4) is 0 Å². The number of pyridine rings is 1. The first-order valence-corrected chi connectivity index (χ1v) is 6.94. The highest BCUT2D eigenvalue weighted by molar-refractivity contribution is 7.99. The summed E-state index contributed by atoms with van der Waals surface area (Å²) in [7, 11) is 0. The standard InChI is InChI=1S/C12H19N3OS/c1-2-15-5-6-16-10(8-15)9-17-11-3-4-12(13)14-7-11/h3-4,7,10H,2,5-6,8-9H2,1H3,(H2,13,14). The summed E-state index contributed by atoms with van der Waals surface area (Å²) in [5.41, 5.74) is 5.55. The molecule has 4 nitrogen and oxygen atoms in total. The Labute approximate surface area is 107 Å². The summed E-state index contributed by atoms with van der Waals surface area (Å²) in [5.74, 6) is 1.54. The minimum atomic E-state index is 0.325. The van der Waals surface area contributed by atoms with Gasteiger partial charge in [0, 0.05) is 29.9 Å². The van der Waals surface area contributed by atoms with Gasteiger partial charge < -0.3 is 10.5 Å². The van der Waals surface area contributed by atoms with E-state index in [4.69, 9.17) is 10.5 Å². The Bertz CT molecular complexity index is 344. The van der Waals surface area contributed by atoms with Crippen molar-refractivity contribution < 1.29 is 4.74 Å². The Hall–Kier alpha value is -0.780. The first kappa shape index (κ1) is 12.7. The molecule has 1 unspecified atom stereocenters. The Kier molecular flexibility index (Phi) is 4.65. The summed E-state index contributed by atoms with van der Waals surface area (Å²) in [6.45, 7) is 6.24. The quantitative estimate of drug-likeness (QED) is 0.824. The average molecular weight is 253 g/mol. The van der Waals surface area contributed by atoms with Crippen LogP contribution in [0.3, 0.4) is 0 Å². The number of nitrogens with zero attached hydrogens (tertiary/aromatic N) is 2. The summed E-state index contributed by atoms with van der Waals surface area (Å²) >= 11 is 1.78. The smallest absolute Gasteiger partial charge is 0.123 e. The predicted molar refractivity (Wildman–Crippen MR) is 71.2 cm³/mol. The number of thioether (sulfide) groups is 1. The van der Waals surface area contributed by atoms with Crippen LogP contribution in [0.5, 0.6) is 0 Å². The van der Waals surface area contributed by atoms with Gasteiger partial charge in [-0.3, -0.25) is 4.90 Å². The number of nitrogen functional groups attached to an aromatic ring is 1. The molecule has 0 saturated carbocycles. The lowest BCUT2D eigenvalue weighted by atomic mass is 10.3. The second kappa shape index (κ2) is 6.23. The molecule has 1 saturated heterocycles. The third-order valence-electron chi connectivity index (χ3n) is 2.87. The number of likely N-dealkylation sites (N-methyl/N-ethyl adjacent to an activating group) is 1. The third-order valence-corrected chi connectivity index (χ3v) is 3.98. The number of ether oxygens (including phenoxy) is 1. The molecule has 1 aliphatic heterocycles. The first-order valence-electron chi connectivity index (χ1n) is 5.96. The number of anilines is 1. The molecular formula is C12H19N3OS. The van der Waals surface area contributed by atoms with Crippen LogP contribution in [0, 0.1) is 0 Å². The molecule has 0 radical (unpaired) electrons. The molecule has 1 atom stereocenters. The highest BCUT2D eigenvalue weighted by Gasteiger charge is 2.19. The van der Waals surface area contributed by atoms with E-state index in [1.54, 1.807) is 11.8 Å². The molecule has 1 aliphatic rings. The molecule has 2 rings (SSSR count). The van der Waals surface area contributed by atoms with Crippen LogP contribution in [0.1, 0.15) is 6.92 Å². The molecule has 5 heteroatoms. The molecule has 0 bridgehead atoms. The van der Waals surface area contributed by atoms with Crippen molar-refractivity contribution in [2.75, 3.05) is 37.7 Å². The lowest BCUT2D eigenvalue weighted by Crippen LogP contribution is -2.43. The van der Waals surface area contributed by atoms with Crippen molar-refractivity contribution in [2.24, 2.45) is 0 Å². The van der Waals surface area contributed by atoms with Crippen molar-refractivity contribution in [3.63, 3.8) is 0 Å². The van der Waals surface area contributed by atoms with E-state index in [-0.39, 0.29) is 0 Å². The highest BCUT2D eigenvalue weighted by Crippen LogP contribution is 2.20. The molecule has 0 spiro atoms. The van der Waals surface area contributed by atoms with Crippen molar-refractivity contribution in [3.05, 3.63) is 18.3 Å². The van der Waals surface area contributed by atoms with Gasteiger partial charge in [-0.2, -0.15) is 0 Å². The summed E-state index contributed by atoms with van der Waals surface area (Å²) in [5, 5.41) is 0. The van der Waals surface area contributed by atoms with Crippen LogP contribution in [-0.2, 0) is 4.74 Å². The van der Waals surface area contributed by atoms with Gasteiger partial charge in [0.15, 0.2) is 0 Å². The van der Waals surface area contributed by atoms with Gasteiger partial charge in [-0.25, -0.2) is 4.98 Å². The Balaban J connectivity index is 1.79. The maximum atomic E-state index is 5.75. The van der Waals surface area contributed by atoms with Crippen molar-refractivity contribution in [2.45, 2.75) is 17.9 Å². The normalized spacial score (nSPS) is 21.6. The minimum Gasteiger partial charge on any atom is -0.384 e. The van der Waals surface area contributed by atoms with E-state index in [1.165, 1.54) is 0 Å². The van der Waals surface area contributed by atoms with Gasteiger partial charge >= 0.3 is 0 Å². The number of aromatic nitrogens is 1. The maximum absolute atomic E-state index is 5.75. The second-order valence-electron chi connectivity index (χ2n) is 4.12. The number of rotatable bonds is 4. The Morgan fingerprint density at radius 2 is 2.47 bits per heavy atom. The molecule has 94 valence electrons. The zero-order valence-corrected chi connectivity index (χ0v) is 10.9. The fourth-order valence-electron chi connectivity index (χ4n) is 1.83. The fourth-order valence-corrected chi connectivity index (χ4v) is 2.71. The Morgan fingerprint density at radius 1 is 1.59 bits per heavy atom. The van der Waals surface area contributed by atoms with Crippen LogP contribution in [0.25, 0.3) is 0 Å². The van der Waals surface area contributed by atoms with Crippen molar-refractivity contribution in [1.29, 1.82) is 0 Å². The van der Waals surface area contributed by atoms with E-state index in [9.17, 15) is 0 Å². The Morgan fingerprint density at radius 3 is 3.18 bits per heavy atom. The first-order chi connectivity index (χ1) is 8.28. The van der Waals surface area contributed by atoms with Crippen molar-refractivity contribution >= 4 is 17.6 Å². The van der Waals surface area contributed by atoms with Gasteiger partial charge in [-0.1, -0.05) is 6.92 Å². The van der Waals surface area contributed by atoms with Crippen molar-refractivity contribution in [1.82, 2.24) is 9.88 Å². The molecule has 1 aromatic heterocycles. The zero-order chi connectivity index (χ0) is 12.1. The van der Waals surface area contributed by atoms with Gasteiger partial charge in [0.25, 0.3) is 0 Å². The van der Waals surface area contributed by atoms with Gasteiger partial charge in [-0.15, -0.1) is 11.8 Å². The van der Waals surface area contributed by atoms with Gasteiger partial charge in [0.2, 0.25) is 0 Å². The number of morpholine rings is 1. The molecule has 17 heavy (non-hydrogen) atoms. The number of hydrogen-bond donors (Lipinski definition) is 1. The summed E-state index contributed by atoms with van der Waals surface area (Å²) < 4.78 is 5.75. The van der Waals surface area contributed by atoms with E-state index in [0.29, 0.717) is 11.9 Å². The van der Waals surface area contributed by atoms with E-state index < -0.39 is 0 Å². The second-order valence-corrected chi connectivity index (χ2v) is 5.21. The number of nitrogens with two attached hydrogens (primary N) is 1. The zero-order valence-electron chi connectivity index (χ0n) is 10.1. The average Bonchev–Trinajstić information content (AvgIpc) is 2.38. The van der Waals surface area contributed by atoms with Crippen LogP contribution in [0.4, 0.5) is 5.82 Å². The van der Waals surface area contributed by atoms with E-state index in [0.717, 1.165) is 36.9 Å². The maximum Gasteiger partial charge on any atom is 0.123 e. The minimum absolute atomic E-state index is 0.325. The molecular weight excluding hydrogens is 234 g/mol.